The number of carbonyl (C=O) groups excluding carboxylic acids is 2. The van der Waals surface area contributed by atoms with Gasteiger partial charge in [0.15, 0.2) is 0 Å². The molecule has 84 valence electrons. The van der Waals surface area contributed by atoms with Crippen molar-refractivity contribution >= 4 is 11.9 Å². The number of allylic oxidation sites excluding steroid dienone is 1. The van der Waals surface area contributed by atoms with Crippen molar-refractivity contribution in [2.24, 2.45) is 0 Å². The van der Waals surface area contributed by atoms with Crippen LogP contribution in [0.5, 0.6) is 0 Å². The van der Waals surface area contributed by atoms with Crippen molar-refractivity contribution in [1.29, 1.82) is 0 Å². The molecule has 0 N–H and O–H groups in total. The van der Waals surface area contributed by atoms with Crippen LogP contribution in [0.4, 0.5) is 0 Å². The molecule has 0 spiro atoms. The van der Waals surface area contributed by atoms with Gasteiger partial charge in [-0.25, -0.2) is 9.59 Å². The zero-order valence-corrected chi connectivity index (χ0v) is 9.12. The fourth-order valence-electron chi connectivity index (χ4n) is 0.749. The summed E-state index contributed by atoms with van der Waals surface area (Å²) in [6, 6.07) is 0. The Bertz CT molecular complexity index is 266. The van der Waals surface area contributed by atoms with Crippen LogP contribution < -0.4 is 0 Å². The monoisotopic (exact) mass is 212 g/mol. The minimum absolute atomic E-state index is 0.101. The van der Waals surface area contributed by atoms with Gasteiger partial charge in [-0.3, -0.25) is 0 Å². The van der Waals surface area contributed by atoms with E-state index in [-0.39, 0.29) is 5.76 Å². The van der Waals surface area contributed by atoms with Gasteiger partial charge in [0.2, 0.25) is 5.76 Å². The molecule has 0 fully saturated rings. The Hall–Kier alpha value is -1.58. The zero-order valence-electron chi connectivity index (χ0n) is 9.12. The van der Waals surface area contributed by atoms with Crippen molar-refractivity contribution in [2.75, 3.05) is 6.61 Å². The predicted molar refractivity (Wildman–Crippen MR) is 55.9 cm³/mol. The molecule has 0 radical (unpaired) electrons. The van der Waals surface area contributed by atoms with Gasteiger partial charge in [0.25, 0.3) is 0 Å². The molecule has 0 aliphatic rings. The van der Waals surface area contributed by atoms with Gasteiger partial charge in [0.1, 0.15) is 0 Å². The molecule has 0 saturated heterocycles. The Morgan fingerprint density at radius 1 is 1.40 bits per heavy atom. The van der Waals surface area contributed by atoms with E-state index in [2.05, 4.69) is 11.3 Å². The van der Waals surface area contributed by atoms with E-state index in [1.165, 1.54) is 6.08 Å². The molecule has 0 aromatic heterocycles. The highest BCUT2D eigenvalue weighted by Gasteiger charge is 2.13. The van der Waals surface area contributed by atoms with E-state index in [0.717, 1.165) is 18.9 Å². The minimum Gasteiger partial charge on any atom is -0.460 e. The zero-order chi connectivity index (χ0) is 11.7. The van der Waals surface area contributed by atoms with Gasteiger partial charge in [0.05, 0.1) is 6.61 Å². The van der Waals surface area contributed by atoms with Gasteiger partial charge >= 0.3 is 11.9 Å². The van der Waals surface area contributed by atoms with Gasteiger partial charge in [-0.05, 0) is 19.4 Å². The second-order valence-electron chi connectivity index (χ2n) is 2.77. The Balaban J connectivity index is 4.12. The van der Waals surface area contributed by atoms with E-state index >= 15 is 0 Å². The molecule has 0 heterocycles. The summed E-state index contributed by atoms with van der Waals surface area (Å²) in [5.41, 5.74) is 0. The van der Waals surface area contributed by atoms with Crippen LogP contribution in [-0.4, -0.2) is 18.5 Å². The third-order valence-corrected chi connectivity index (χ3v) is 1.57. The van der Waals surface area contributed by atoms with Crippen LogP contribution in [0.15, 0.2) is 24.5 Å². The Morgan fingerprint density at radius 3 is 2.53 bits per heavy atom. The molecule has 0 aliphatic heterocycles. The molecule has 15 heavy (non-hydrogen) atoms. The van der Waals surface area contributed by atoms with Crippen LogP contribution in [0.25, 0.3) is 0 Å². The Labute approximate surface area is 89.6 Å². The molecule has 0 rings (SSSR count). The maximum atomic E-state index is 11.3. The first-order valence-corrected chi connectivity index (χ1v) is 4.83. The van der Waals surface area contributed by atoms with Crippen molar-refractivity contribution in [2.45, 2.75) is 26.7 Å². The van der Waals surface area contributed by atoms with E-state index in [4.69, 9.17) is 4.74 Å². The standard InChI is InChI=1S/C11H16O4/c1-4-7-8-14-11(13)9(5-2)15-10(12)6-3/h5-6H,3-4,7-8H2,1-2H3/b9-5+. The van der Waals surface area contributed by atoms with Crippen LogP contribution in [0, 0.1) is 0 Å². The fourth-order valence-corrected chi connectivity index (χ4v) is 0.749. The lowest BCUT2D eigenvalue weighted by Gasteiger charge is -2.06. The summed E-state index contributed by atoms with van der Waals surface area (Å²) < 4.78 is 9.53. The summed E-state index contributed by atoms with van der Waals surface area (Å²) in [6.07, 6.45) is 4.10. The number of carbonyl (C=O) groups is 2. The minimum atomic E-state index is -0.671. The van der Waals surface area contributed by atoms with E-state index in [9.17, 15) is 9.59 Å². The molecular weight excluding hydrogens is 196 g/mol. The van der Waals surface area contributed by atoms with Crippen molar-refractivity contribution < 1.29 is 19.1 Å². The first kappa shape index (κ1) is 13.4. The van der Waals surface area contributed by atoms with Crippen LogP contribution in [0.3, 0.4) is 0 Å². The topological polar surface area (TPSA) is 52.6 Å². The average molecular weight is 212 g/mol. The second-order valence-corrected chi connectivity index (χ2v) is 2.77. The van der Waals surface area contributed by atoms with Gasteiger partial charge in [-0.15, -0.1) is 0 Å². The first-order chi connectivity index (χ1) is 7.15. The van der Waals surface area contributed by atoms with Gasteiger partial charge in [0, 0.05) is 6.08 Å². The summed E-state index contributed by atoms with van der Waals surface area (Å²) in [5.74, 6) is -1.40. The summed E-state index contributed by atoms with van der Waals surface area (Å²) in [7, 11) is 0. The summed E-state index contributed by atoms with van der Waals surface area (Å²) in [4.78, 5) is 22.1. The smallest absolute Gasteiger partial charge is 0.374 e. The lowest BCUT2D eigenvalue weighted by molar-refractivity contribution is -0.149. The van der Waals surface area contributed by atoms with Crippen molar-refractivity contribution in [3.05, 3.63) is 24.5 Å². The SMILES string of the molecule is C=CC(=O)O/C(=C/C)C(=O)OCCCC. The van der Waals surface area contributed by atoms with Gasteiger partial charge < -0.3 is 9.47 Å². The quantitative estimate of drug-likeness (QED) is 0.292. The molecule has 4 heteroatoms. The van der Waals surface area contributed by atoms with Crippen molar-refractivity contribution in [3.8, 4) is 0 Å². The second kappa shape index (κ2) is 7.79. The van der Waals surface area contributed by atoms with Crippen LogP contribution >= 0.6 is 0 Å². The van der Waals surface area contributed by atoms with Crippen LogP contribution in [-0.2, 0) is 19.1 Å². The van der Waals surface area contributed by atoms with Crippen molar-refractivity contribution in [1.82, 2.24) is 0 Å². The van der Waals surface area contributed by atoms with Crippen LogP contribution in [0.2, 0.25) is 0 Å². The number of rotatable bonds is 6. The van der Waals surface area contributed by atoms with Gasteiger partial charge in [-0.1, -0.05) is 19.9 Å². The summed E-state index contributed by atoms with van der Waals surface area (Å²) in [6.45, 7) is 7.14. The van der Waals surface area contributed by atoms with E-state index in [0.29, 0.717) is 6.61 Å². The number of unbranched alkanes of at least 4 members (excludes halogenated alkanes) is 1. The highest BCUT2D eigenvalue weighted by molar-refractivity contribution is 5.92. The third kappa shape index (κ3) is 5.67. The van der Waals surface area contributed by atoms with Crippen LogP contribution in [0.1, 0.15) is 26.7 Å². The number of esters is 2. The molecule has 4 nitrogen and oxygen atoms in total. The number of hydrogen-bond acceptors (Lipinski definition) is 4. The number of hydrogen-bond donors (Lipinski definition) is 0. The average Bonchev–Trinajstić information content (AvgIpc) is 2.25. The molecule has 0 aromatic rings. The number of ether oxygens (including phenoxy) is 2. The molecular formula is C11H16O4. The normalized spacial score (nSPS) is 10.7. The molecule has 0 unspecified atom stereocenters. The third-order valence-electron chi connectivity index (χ3n) is 1.57. The van der Waals surface area contributed by atoms with E-state index in [1.807, 2.05) is 6.92 Å². The lowest BCUT2D eigenvalue weighted by Crippen LogP contribution is -2.13. The van der Waals surface area contributed by atoms with E-state index < -0.39 is 11.9 Å². The maximum absolute atomic E-state index is 11.3. The molecule has 0 saturated carbocycles. The summed E-state index contributed by atoms with van der Waals surface area (Å²) in [5, 5.41) is 0. The maximum Gasteiger partial charge on any atom is 0.374 e. The highest BCUT2D eigenvalue weighted by Crippen LogP contribution is 2.02. The summed E-state index contributed by atoms with van der Waals surface area (Å²) >= 11 is 0. The Kier molecular flexibility index (Phi) is 6.97. The first-order valence-electron chi connectivity index (χ1n) is 4.83. The lowest BCUT2D eigenvalue weighted by atomic mass is 10.4. The predicted octanol–water partition coefficient (Wildman–Crippen LogP) is 1.96. The molecule has 0 bridgehead atoms. The molecule has 0 aliphatic carbocycles. The van der Waals surface area contributed by atoms with Gasteiger partial charge in [-0.2, -0.15) is 0 Å². The largest absolute Gasteiger partial charge is 0.460 e. The molecule has 0 aromatic carbocycles. The van der Waals surface area contributed by atoms with Crippen molar-refractivity contribution in [3.63, 3.8) is 0 Å². The Morgan fingerprint density at radius 2 is 2.07 bits per heavy atom. The fraction of sp³-hybridized carbons (Fsp3) is 0.455. The highest BCUT2D eigenvalue weighted by atomic mass is 16.6. The molecule has 0 amide bonds. The molecule has 0 atom stereocenters. The van der Waals surface area contributed by atoms with E-state index in [1.54, 1.807) is 6.92 Å².